The van der Waals surface area contributed by atoms with Crippen LogP contribution in [0.4, 0.5) is 0 Å². The summed E-state index contributed by atoms with van der Waals surface area (Å²) in [5.41, 5.74) is 0.495. The van der Waals surface area contributed by atoms with E-state index in [2.05, 4.69) is 0 Å². The second-order valence-electron chi connectivity index (χ2n) is 4.58. The predicted molar refractivity (Wildman–Crippen MR) is 64.2 cm³/mol. The number of benzene rings is 1. The maximum atomic E-state index is 11.0. The Hall–Kier alpha value is -1.61. The maximum absolute atomic E-state index is 11.0. The largest absolute Gasteiger partial charge is 0.428 e. The predicted octanol–water partition coefficient (Wildman–Crippen LogP) is 2.98. The highest BCUT2D eigenvalue weighted by Gasteiger charge is 2.37. The Labute approximate surface area is 101 Å². The molecule has 0 fully saturated rings. The van der Waals surface area contributed by atoms with Gasteiger partial charge in [0, 0.05) is 6.92 Å². The number of carbonyl (C=O) groups is 1. The number of ether oxygens (including phenoxy) is 2. The van der Waals surface area contributed by atoms with Gasteiger partial charge in [-0.25, -0.2) is 0 Å². The van der Waals surface area contributed by atoms with Crippen molar-refractivity contribution < 1.29 is 14.3 Å². The van der Waals surface area contributed by atoms with Crippen molar-refractivity contribution in [2.45, 2.75) is 32.5 Å². The summed E-state index contributed by atoms with van der Waals surface area (Å²) in [5, 5.41) is 0. The van der Waals surface area contributed by atoms with E-state index in [1.54, 1.807) is 0 Å². The molecule has 0 aromatic heterocycles. The molecule has 90 valence electrons. The lowest BCUT2D eigenvalue weighted by atomic mass is 10.1. The minimum Gasteiger partial charge on any atom is -0.428 e. The van der Waals surface area contributed by atoms with Crippen molar-refractivity contribution in [2.24, 2.45) is 0 Å². The molecule has 0 radical (unpaired) electrons. The van der Waals surface area contributed by atoms with E-state index in [0.29, 0.717) is 5.76 Å². The Morgan fingerprint density at radius 3 is 2.53 bits per heavy atom. The third-order valence-electron chi connectivity index (χ3n) is 2.70. The standard InChI is InChI=1S/C14H16O3/c1-10(15)16-13-9-12(17-14(13,2)3)11-7-5-4-6-8-11/h4-9,12H,1-3H3. The summed E-state index contributed by atoms with van der Waals surface area (Å²) in [6.45, 7) is 5.18. The van der Waals surface area contributed by atoms with Gasteiger partial charge >= 0.3 is 5.97 Å². The molecule has 0 N–H and O–H groups in total. The summed E-state index contributed by atoms with van der Waals surface area (Å²) >= 11 is 0. The number of hydrogen-bond donors (Lipinski definition) is 0. The smallest absolute Gasteiger partial charge is 0.307 e. The lowest BCUT2D eigenvalue weighted by Gasteiger charge is -2.22. The van der Waals surface area contributed by atoms with Crippen molar-refractivity contribution in [3.05, 3.63) is 47.7 Å². The first-order valence-electron chi connectivity index (χ1n) is 5.62. The first-order chi connectivity index (χ1) is 7.99. The Morgan fingerprint density at radius 1 is 1.29 bits per heavy atom. The highest BCUT2D eigenvalue weighted by Crippen LogP contribution is 2.38. The van der Waals surface area contributed by atoms with Gasteiger partial charge in [0.2, 0.25) is 0 Å². The van der Waals surface area contributed by atoms with E-state index in [1.165, 1.54) is 6.92 Å². The molecule has 3 nitrogen and oxygen atoms in total. The zero-order chi connectivity index (χ0) is 12.5. The minimum atomic E-state index is -0.563. The van der Waals surface area contributed by atoms with Crippen LogP contribution in [0.15, 0.2) is 42.2 Å². The van der Waals surface area contributed by atoms with E-state index >= 15 is 0 Å². The van der Waals surface area contributed by atoms with E-state index in [9.17, 15) is 4.79 Å². The third-order valence-corrected chi connectivity index (χ3v) is 2.70. The normalized spacial score (nSPS) is 22.1. The average molecular weight is 232 g/mol. The highest BCUT2D eigenvalue weighted by atomic mass is 16.6. The van der Waals surface area contributed by atoms with Crippen LogP contribution < -0.4 is 0 Å². The van der Waals surface area contributed by atoms with Gasteiger partial charge in [-0.2, -0.15) is 0 Å². The Balaban J connectivity index is 2.24. The van der Waals surface area contributed by atoms with Crippen molar-refractivity contribution in [2.75, 3.05) is 0 Å². The van der Waals surface area contributed by atoms with Crippen molar-refractivity contribution in [3.8, 4) is 0 Å². The van der Waals surface area contributed by atoms with Gasteiger partial charge in [0.15, 0.2) is 0 Å². The van der Waals surface area contributed by atoms with Gasteiger partial charge in [-0.3, -0.25) is 4.79 Å². The molecule has 0 spiro atoms. The molecule has 1 unspecified atom stereocenters. The number of carbonyl (C=O) groups excluding carboxylic acids is 1. The molecule has 0 saturated heterocycles. The maximum Gasteiger partial charge on any atom is 0.307 e. The molecule has 1 aromatic rings. The Kier molecular flexibility index (Phi) is 3.03. The van der Waals surface area contributed by atoms with Gasteiger partial charge in [-0.05, 0) is 25.5 Å². The molecule has 0 amide bonds. The zero-order valence-corrected chi connectivity index (χ0v) is 10.3. The van der Waals surface area contributed by atoms with Crippen LogP contribution >= 0.6 is 0 Å². The number of hydrogen-bond acceptors (Lipinski definition) is 3. The van der Waals surface area contributed by atoms with Crippen LogP contribution in [0.25, 0.3) is 0 Å². The summed E-state index contributed by atoms with van der Waals surface area (Å²) in [4.78, 5) is 11.0. The molecule has 1 atom stereocenters. The lowest BCUT2D eigenvalue weighted by molar-refractivity contribution is -0.140. The summed E-state index contributed by atoms with van der Waals surface area (Å²) in [5.74, 6) is 0.264. The Morgan fingerprint density at radius 2 is 1.94 bits per heavy atom. The van der Waals surface area contributed by atoms with Crippen LogP contribution in [-0.2, 0) is 14.3 Å². The van der Waals surface area contributed by atoms with E-state index in [1.807, 2.05) is 50.3 Å². The molecule has 1 aliphatic heterocycles. The summed E-state index contributed by atoms with van der Waals surface area (Å²) in [7, 11) is 0. The molecule has 1 heterocycles. The van der Waals surface area contributed by atoms with Crippen LogP contribution in [0.3, 0.4) is 0 Å². The van der Waals surface area contributed by atoms with Gasteiger partial charge in [-0.15, -0.1) is 0 Å². The van der Waals surface area contributed by atoms with Gasteiger partial charge in [0.05, 0.1) is 0 Å². The van der Waals surface area contributed by atoms with Gasteiger partial charge in [0.1, 0.15) is 17.5 Å². The SMILES string of the molecule is CC(=O)OC1=CC(c2ccccc2)OC1(C)C. The molecule has 0 aliphatic carbocycles. The fraction of sp³-hybridized carbons (Fsp3) is 0.357. The summed E-state index contributed by atoms with van der Waals surface area (Å²) in [6.07, 6.45) is 1.71. The molecule has 1 aliphatic rings. The van der Waals surface area contributed by atoms with Crippen LogP contribution in [0.2, 0.25) is 0 Å². The van der Waals surface area contributed by atoms with E-state index in [0.717, 1.165) is 5.56 Å². The van der Waals surface area contributed by atoms with E-state index < -0.39 is 5.60 Å². The minimum absolute atomic E-state index is 0.152. The average Bonchev–Trinajstić information content (AvgIpc) is 2.55. The Bertz CT molecular complexity index is 446. The molecule has 3 heteroatoms. The molecule has 1 aromatic carbocycles. The van der Waals surface area contributed by atoms with Crippen LogP contribution in [-0.4, -0.2) is 11.6 Å². The summed E-state index contributed by atoms with van der Waals surface area (Å²) < 4.78 is 11.1. The fourth-order valence-corrected chi connectivity index (χ4v) is 1.87. The highest BCUT2D eigenvalue weighted by molar-refractivity contribution is 5.67. The van der Waals surface area contributed by atoms with Crippen molar-refractivity contribution >= 4 is 5.97 Å². The molecular weight excluding hydrogens is 216 g/mol. The second kappa shape index (κ2) is 4.34. The first kappa shape index (κ1) is 11.9. The van der Waals surface area contributed by atoms with Crippen LogP contribution in [0, 0.1) is 0 Å². The van der Waals surface area contributed by atoms with Gasteiger partial charge in [0.25, 0.3) is 0 Å². The second-order valence-corrected chi connectivity index (χ2v) is 4.58. The third kappa shape index (κ3) is 2.56. The van der Waals surface area contributed by atoms with Gasteiger partial charge < -0.3 is 9.47 Å². The molecule has 17 heavy (non-hydrogen) atoms. The number of esters is 1. The van der Waals surface area contributed by atoms with Crippen molar-refractivity contribution in [1.82, 2.24) is 0 Å². The fourth-order valence-electron chi connectivity index (χ4n) is 1.87. The molecule has 0 saturated carbocycles. The van der Waals surface area contributed by atoms with E-state index in [-0.39, 0.29) is 12.1 Å². The van der Waals surface area contributed by atoms with Crippen LogP contribution in [0.5, 0.6) is 0 Å². The summed E-state index contributed by atoms with van der Waals surface area (Å²) in [6, 6.07) is 9.87. The zero-order valence-electron chi connectivity index (χ0n) is 10.3. The topological polar surface area (TPSA) is 35.5 Å². The van der Waals surface area contributed by atoms with Crippen LogP contribution in [0.1, 0.15) is 32.4 Å². The molecule has 0 bridgehead atoms. The van der Waals surface area contributed by atoms with Crippen molar-refractivity contribution in [3.63, 3.8) is 0 Å². The van der Waals surface area contributed by atoms with Gasteiger partial charge in [-0.1, -0.05) is 30.3 Å². The van der Waals surface area contributed by atoms with E-state index in [4.69, 9.17) is 9.47 Å². The molecule has 2 rings (SSSR count). The number of rotatable bonds is 2. The molecular formula is C14H16O3. The monoisotopic (exact) mass is 232 g/mol. The first-order valence-corrected chi connectivity index (χ1v) is 5.62. The van der Waals surface area contributed by atoms with Crippen molar-refractivity contribution in [1.29, 1.82) is 0 Å². The lowest BCUT2D eigenvalue weighted by Crippen LogP contribution is -2.25. The quantitative estimate of drug-likeness (QED) is 0.735.